The highest BCUT2D eigenvalue weighted by Gasteiger charge is 2.22. The molecule has 0 N–H and O–H groups in total. The molecule has 25 heavy (non-hydrogen) atoms. The number of hydrogen-bond acceptors (Lipinski definition) is 7. The first-order valence-corrected chi connectivity index (χ1v) is 10.5. The summed E-state index contributed by atoms with van der Waals surface area (Å²) in [5, 5.41) is 2.47. The van der Waals surface area contributed by atoms with Crippen molar-refractivity contribution >= 4 is 49.3 Å². The van der Waals surface area contributed by atoms with Gasteiger partial charge in [0.15, 0.2) is 20.8 Å². The molecule has 0 bridgehead atoms. The van der Waals surface area contributed by atoms with Crippen molar-refractivity contribution < 1.29 is 13.2 Å². The number of likely N-dealkylation sites (N-methyl/N-ethyl adjacent to an activating group) is 1. The van der Waals surface area contributed by atoms with Crippen molar-refractivity contribution in [2.24, 2.45) is 0 Å². The fourth-order valence-electron chi connectivity index (χ4n) is 2.23. The number of carbonyl (C=O) groups excluding carboxylic acids is 1. The molecule has 0 atom stereocenters. The molecule has 0 radical (unpaired) electrons. The third kappa shape index (κ3) is 5.87. The lowest BCUT2D eigenvalue weighted by atomic mass is 10.2. The van der Waals surface area contributed by atoms with Crippen molar-refractivity contribution in [2.75, 3.05) is 37.2 Å². The molecule has 0 aliphatic rings. The minimum absolute atomic E-state index is 0.000407. The molecule has 0 amide bonds. The zero-order chi connectivity index (χ0) is 18.4. The lowest BCUT2D eigenvalue weighted by Crippen LogP contribution is -2.36. The first kappa shape index (κ1) is 19.5. The normalized spacial score (nSPS) is 11.1. The van der Waals surface area contributed by atoms with Crippen LogP contribution in [0.1, 0.15) is 5.56 Å². The number of anilines is 1. The van der Waals surface area contributed by atoms with E-state index >= 15 is 0 Å². The van der Waals surface area contributed by atoms with Crippen molar-refractivity contribution in [1.82, 2.24) is 9.88 Å². The molecule has 134 valence electrons. The number of thiazole rings is 1. The number of ketones is 1. The molecule has 0 aliphatic carbocycles. The summed E-state index contributed by atoms with van der Waals surface area (Å²) in [5.41, 5.74) is 0.769. The van der Waals surface area contributed by atoms with Gasteiger partial charge in [-0.1, -0.05) is 42.5 Å². The number of benzene rings is 1. The molecule has 2 rings (SSSR count). The maximum absolute atomic E-state index is 12.3. The summed E-state index contributed by atoms with van der Waals surface area (Å²) in [6.45, 7) is -0.000407. The fraction of sp³-hybridized carbons (Fsp3) is 0.312. The molecule has 1 aromatic heterocycles. The third-order valence-corrected chi connectivity index (χ3v) is 6.27. The standard InChI is InChI=1S/C16H19N3O3S3/c1-18(16-17-8-9-24-16)10-14(20)11-25(21,22)12-19(2)15(23)13-6-4-3-5-7-13/h3-9H,10-12H2,1-2H3. The van der Waals surface area contributed by atoms with Crippen molar-refractivity contribution in [1.29, 1.82) is 0 Å². The zero-order valence-electron chi connectivity index (χ0n) is 14.0. The molecule has 2 aromatic rings. The number of rotatable bonds is 8. The van der Waals surface area contributed by atoms with Crippen LogP contribution in [0.25, 0.3) is 0 Å². The van der Waals surface area contributed by atoms with E-state index in [0.29, 0.717) is 10.1 Å². The quantitative estimate of drug-likeness (QED) is 0.629. The summed E-state index contributed by atoms with van der Waals surface area (Å²) in [5.74, 6) is -1.20. The van der Waals surface area contributed by atoms with Gasteiger partial charge >= 0.3 is 0 Å². The van der Waals surface area contributed by atoms with E-state index in [2.05, 4.69) is 4.98 Å². The number of carbonyl (C=O) groups is 1. The molecule has 0 saturated carbocycles. The highest BCUT2D eigenvalue weighted by atomic mass is 32.2. The monoisotopic (exact) mass is 397 g/mol. The molecular formula is C16H19N3O3S3. The Labute approximate surface area is 157 Å². The number of hydrogen-bond donors (Lipinski definition) is 0. The summed E-state index contributed by atoms with van der Waals surface area (Å²) in [4.78, 5) is 19.7. The van der Waals surface area contributed by atoms with Gasteiger partial charge in [-0.25, -0.2) is 13.4 Å². The van der Waals surface area contributed by atoms with Crippen molar-refractivity contribution in [3.05, 3.63) is 47.5 Å². The summed E-state index contributed by atoms with van der Waals surface area (Å²) in [6, 6.07) is 9.17. The van der Waals surface area contributed by atoms with E-state index in [1.54, 1.807) is 30.6 Å². The number of sulfone groups is 1. The lowest BCUT2D eigenvalue weighted by molar-refractivity contribution is -0.115. The van der Waals surface area contributed by atoms with Gasteiger partial charge in [0.25, 0.3) is 0 Å². The van der Waals surface area contributed by atoms with E-state index in [1.807, 2.05) is 30.3 Å². The van der Waals surface area contributed by atoms with Gasteiger partial charge in [0.2, 0.25) is 0 Å². The second-order valence-electron chi connectivity index (χ2n) is 5.60. The molecule has 0 aliphatic heterocycles. The molecule has 1 aromatic carbocycles. The second kappa shape index (κ2) is 8.50. The Kier molecular flexibility index (Phi) is 6.63. The molecule has 6 nitrogen and oxygen atoms in total. The van der Waals surface area contributed by atoms with Crippen LogP contribution in [-0.2, 0) is 14.6 Å². The molecule has 1 heterocycles. The number of Topliss-reactive ketones (excluding diaryl/α,β-unsaturated/α-hetero) is 1. The molecular weight excluding hydrogens is 378 g/mol. The molecule has 0 unspecified atom stereocenters. The van der Waals surface area contributed by atoms with E-state index in [1.165, 1.54) is 16.2 Å². The van der Waals surface area contributed by atoms with E-state index in [0.717, 1.165) is 5.56 Å². The largest absolute Gasteiger partial charge is 0.351 e. The molecule has 0 saturated heterocycles. The van der Waals surface area contributed by atoms with Gasteiger partial charge in [-0.05, 0) is 0 Å². The predicted octanol–water partition coefficient (Wildman–Crippen LogP) is 1.83. The maximum Gasteiger partial charge on any atom is 0.185 e. The van der Waals surface area contributed by atoms with E-state index in [9.17, 15) is 13.2 Å². The lowest BCUT2D eigenvalue weighted by Gasteiger charge is -2.20. The van der Waals surface area contributed by atoms with E-state index < -0.39 is 15.6 Å². The highest BCUT2D eigenvalue weighted by molar-refractivity contribution is 7.92. The minimum atomic E-state index is -3.60. The Morgan fingerprint density at radius 1 is 1.24 bits per heavy atom. The highest BCUT2D eigenvalue weighted by Crippen LogP contribution is 2.15. The van der Waals surface area contributed by atoms with Crippen LogP contribution in [0.4, 0.5) is 5.13 Å². The van der Waals surface area contributed by atoms with Gasteiger partial charge < -0.3 is 9.80 Å². The van der Waals surface area contributed by atoms with Crippen LogP contribution in [0.15, 0.2) is 41.9 Å². The molecule has 0 spiro atoms. The van der Waals surface area contributed by atoms with Gasteiger partial charge in [0.1, 0.15) is 16.6 Å². The van der Waals surface area contributed by atoms with Crippen molar-refractivity contribution in [2.45, 2.75) is 0 Å². The summed E-state index contributed by atoms with van der Waals surface area (Å²) >= 11 is 6.70. The zero-order valence-corrected chi connectivity index (χ0v) is 16.4. The summed E-state index contributed by atoms with van der Waals surface area (Å²) in [7, 11) is -0.284. The first-order chi connectivity index (χ1) is 11.8. The third-order valence-electron chi connectivity index (χ3n) is 3.30. The smallest absolute Gasteiger partial charge is 0.185 e. The summed E-state index contributed by atoms with van der Waals surface area (Å²) < 4.78 is 24.6. The van der Waals surface area contributed by atoms with Crippen molar-refractivity contribution in [3.8, 4) is 0 Å². The van der Waals surface area contributed by atoms with Crippen LogP contribution in [0.3, 0.4) is 0 Å². The summed E-state index contributed by atoms with van der Waals surface area (Å²) in [6.07, 6.45) is 1.64. The van der Waals surface area contributed by atoms with Gasteiger partial charge in [-0.15, -0.1) is 11.3 Å². The number of thiocarbonyl (C=S) groups is 1. The van der Waals surface area contributed by atoms with E-state index in [-0.39, 0.29) is 18.2 Å². The van der Waals surface area contributed by atoms with Crippen LogP contribution >= 0.6 is 23.6 Å². The van der Waals surface area contributed by atoms with Gasteiger partial charge in [-0.3, -0.25) is 4.79 Å². The fourth-order valence-corrected chi connectivity index (χ4v) is 4.51. The van der Waals surface area contributed by atoms with Crippen LogP contribution < -0.4 is 4.90 Å². The average molecular weight is 398 g/mol. The topological polar surface area (TPSA) is 70.6 Å². The second-order valence-corrected chi connectivity index (χ2v) is 8.89. The van der Waals surface area contributed by atoms with Crippen LogP contribution in [0.5, 0.6) is 0 Å². The Morgan fingerprint density at radius 2 is 1.92 bits per heavy atom. The van der Waals surface area contributed by atoms with Crippen LogP contribution in [0.2, 0.25) is 0 Å². The average Bonchev–Trinajstić information content (AvgIpc) is 3.08. The predicted molar refractivity (Wildman–Crippen MR) is 105 cm³/mol. The van der Waals surface area contributed by atoms with Crippen molar-refractivity contribution in [3.63, 3.8) is 0 Å². The Bertz CT molecular complexity index is 821. The Balaban J connectivity index is 1.92. The van der Waals surface area contributed by atoms with E-state index in [4.69, 9.17) is 12.2 Å². The maximum atomic E-state index is 12.3. The van der Waals surface area contributed by atoms with Gasteiger partial charge in [-0.2, -0.15) is 0 Å². The minimum Gasteiger partial charge on any atom is -0.351 e. The Morgan fingerprint density at radius 3 is 2.52 bits per heavy atom. The SMILES string of the molecule is CN(CS(=O)(=O)CC(=O)CN(C)c1nccs1)C(=S)c1ccccc1. The van der Waals surface area contributed by atoms with Gasteiger partial charge in [0, 0.05) is 31.2 Å². The first-order valence-electron chi connectivity index (χ1n) is 7.42. The number of aromatic nitrogens is 1. The Hall–Kier alpha value is -1.84. The van der Waals surface area contributed by atoms with Crippen LogP contribution in [-0.4, -0.2) is 61.3 Å². The van der Waals surface area contributed by atoms with Crippen LogP contribution in [0, 0.1) is 0 Å². The number of nitrogens with zero attached hydrogens (tertiary/aromatic N) is 3. The van der Waals surface area contributed by atoms with Gasteiger partial charge in [0.05, 0.1) is 6.54 Å². The molecule has 0 fully saturated rings. The molecule has 9 heteroatoms.